The van der Waals surface area contributed by atoms with Crippen molar-refractivity contribution in [2.24, 2.45) is 0 Å². The molecule has 0 aliphatic carbocycles. The molecule has 3 N–H and O–H groups in total. The van der Waals surface area contributed by atoms with Crippen LogP contribution >= 0.6 is 0 Å². The number of carboxylic acids is 1. The molecule has 92 valence electrons. The van der Waals surface area contributed by atoms with Crippen LogP contribution in [0.4, 0.5) is 0 Å². The summed E-state index contributed by atoms with van der Waals surface area (Å²) in [5.74, 6) is -3.19. The molecule has 1 atom stereocenters. The first-order valence-corrected chi connectivity index (χ1v) is 5.29. The van der Waals surface area contributed by atoms with E-state index >= 15 is 0 Å². The summed E-state index contributed by atoms with van der Waals surface area (Å²) in [5.41, 5.74) is 0. The maximum Gasteiger partial charge on any atom is 0.300 e. The monoisotopic (exact) mass is 255 g/mol. The van der Waals surface area contributed by atoms with Crippen LogP contribution in [-0.4, -0.2) is 51.4 Å². The van der Waals surface area contributed by atoms with Gasteiger partial charge in [-0.25, -0.2) is 0 Å². The van der Waals surface area contributed by atoms with E-state index in [1.807, 2.05) is 0 Å². The highest BCUT2D eigenvalue weighted by atomic mass is 32.2. The number of carbonyl (C=O) groups excluding carboxylic acids is 2. The van der Waals surface area contributed by atoms with Gasteiger partial charge in [0.25, 0.3) is 27.9 Å². The molecule has 1 unspecified atom stereocenters. The summed E-state index contributed by atoms with van der Waals surface area (Å²) in [6.45, 7) is 1.08. The van der Waals surface area contributed by atoms with Gasteiger partial charge in [0.1, 0.15) is 0 Å². The lowest BCUT2D eigenvalue weighted by molar-refractivity contribution is -0.171. The molecule has 0 aromatic carbocycles. The first kappa shape index (κ1) is 14.5. The Labute approximate surface area is 90.0 Å². The van der Waals surface area contributed by atoms with Crippen LogP contribution in [-0.2, 0) is 24.5 Å². The molecule has 1 rings (SSSR count). The number of amides is 2. The van der Waals surface area contributed by atoms with Crippen molar-refractivity contribution in [2.45, 2.75) is 18.6 Å². The molecule has 1 fully saturated rings. The molecule has 1 saturated heterocycles. The molecule has 10 heteroatoms. The van der Waals surface area contributed by atoms with Crippen LogP contribution in [0.25, 0.3) is 0 Å². The number of aliphatic carboxylic acids is 1. The second-order valence-electron chi connectivity index (χ2n) is 2.77. The van der Waals surface area contributed by atoms with Gasteiger partial charge in [-0.2, -0.15) is 13.5 Å². The first-order chi connectivity index (χ1) is 7.07. The third-order valence-electron chi connectivity index (χ3n) is 1.44. The van der Waals surface area contributed by atoms with Gasteiger partial charge in [0.2, 0.25) is 0 Å². The van der Waals surface area contributed by atoms with Gasteiger partial charge >= 0.3 is 0 Å². The standard InChI is InChI=1S/C4H5NO6S.C2H4O2/c6-3-1-2(12(9,10)11)4(7)5(3)8;1-2(3)4/h2,8H,1H2,(H,9,10,11);1H3,(H,3,4). The molecule has 0 bridgehead atoms. The lowest BCUT2D eigenvalue weighted by Crippen LogP contribution is -2.32. The Morgan fingerprint density at radius 1 is 1.44 bits per heavy atom. The third-order valence-corrected chi connectivity index (χ3v) is 2.53. The van der Waals surface area contributed by atoms with Crippen LogP contribution in [0, 0.1) is 0 Å². The van der Waals surface area contributed by atoms with Crippen molar-refractivity contribution >= 4 is 27.9 Å². The Kier molecular flexibility index (Phi) is 4.53. The molecule has 1 aliphatic rings. The highest BCUT2D eigenvalue weighted by Crippen LogP contribution is 2.16. The average Bonchev–Trinajstić information content (AvgIpc) is 2.30. The van der Waals surface area contributed by atoms with Gasteiger partial charge in [0.05, 0.1) is 6.42 Å². The van der Waals surface area contributed by atoms with Crippen molar-refractivity contribution < 1.29 is 37.7 Å². The van der Waals surface area contributed by atoms with E-state index < -0.39 is 39.6 Å². The Balaban J connectivity index is 0.000000487. The van der Waals surface area contributed by atoms with Gasteiger partial charge in [0, 0.05) is 6.92 Å². The lowest BCUT2D eigenvalue weighted by Gasteiger charge is -2.02. The summed E-state index contributed by atoms with van der Waals surface area (Å²) < 4.78 is 29.1. The van der Waals surface area contributed by atoms with Crippen LogP contribution in [0.2, 0.25) is 0 Å². The maximum atomic E-state index is 10.7. The van der Waals surface area contributed by atoms with Crippen molar-refractivity contribution in [1.82, 2.24) is 5.06 Å². The van der Waals surface area contributed by atoms with Crippen LogP contribution in [0.5, 0.6) is 0 Å². The summed E-state index contributed by atoms with van der Waals surface area (Å²) in [4.78, 5) is 30.2. The first-order valence-electron chi connectivity index (χ1n) is 3.79. The van der Waals surface area contributed by atoms with E-state index in [-0.39, 0.29) is 5.06 Å². The molecule has 1 aliphatic heterocycles. The molecule has 0 spiro atoms. The van der Waals surface area contributed by atoms with Crippen LogP contribution in [0.3, 0.4) is 0 Å². The number of imide groups is 1. The van der Waals surface area contributed by atoms with Gasteiger partial charge in [-0.3, -0.25) is 24.1 Å². The topological polar surface area (TPSA) is 149 Å². The van der Waals surface area contributed by atoms with Gasteiger partial charge in [-0.15, -0.1) is 0 Å². The Morgan fingerprint density at radius 2 is 1.81 bits per heavy atom. The fourth-order valence-corrected chi connectivity index (χ4v) is 1.53. The summed E-state index contributed by atoms with van der Waals surface area (Å²) in [7, 11) is -4.59. The molecular weight excluding hydrogens is 246 g/mol. The minimum atomic E-state index is -4.59. The van der Waals surface area contributed by atoms with E-state index in [4.69, 9.17) is 19.7 Å². The second-order valence-corrected chi connectivity index (χ2v) is 4.37. The Hall–Kier alpha value is -1.52. The molecule has 16 heavy (non-hydrogen) atoms. The minimum Gasteiger partial charge on any atom is -0.481 e. The molecule has 0 aromatic heterocycles. The van der Waals surface area contributed by atoms with Crippen LogP contribution < -0.4 is 0 Å². The molecule has 1 heterocycles. The summed E-state index contributed by atoms with van der Waals surface area (Å²) in [6, 6.07) is 0. The summed E-state index contributed by atoms with van der Waals surface area (Å²) in [6.07, 6.45) is -0.714. The van der Waals surface area contributed by atoms with E-state index in [2.05, 4.69) is 0 Å². The van der Waals surface area contributed by atoms with Gasteiger partial charge in [0.15, 0.2) is 5.25 Å². The fraction of sp³-hybridized carbons (Fsp3) is 0.500. The summed E-state index contributed by atoms with van der Waals surface area (Å²) >= 11 is 0. The van der Waals surface area contributed by atoms with E-state index in [9.17, 15) is 18.0 Å². The quantitative estimate of drug-likeness (QED) is 0.290. The second kappa shape index (κ2) is 5.01. The van der Waals surface area contributed by atoms with Crippen molar-refractivity contribution in [2.75, 3.05) is 0 Å². The van der Waals surface area contributed by atoms with Gasteiger partial charge < -0.3 is 5.11 Å². The van der Waals surface area contributed by atoms with Crippen LogP contribution in [0.1, 0.15) is 13.3 Å². The van der Waals surface area contributed by atoms with E-state index in [0.29, 0.717) is 0 Å². The predicted molar refractivity (Wildman–Crippen MR) is 46.9 cm³/mol. The van der Waals surface area contributed by atoms with E-state index in [1.54, 1.807) is 0 Å². The van der Waals surface area contributed by atoms with Gasteiger partial charge in [-0.05, 0) is 0 Å². The number of hydroxylamine groups is 2. The average molecular weight is 255 g/mol. The van der Waals surface area contributed by atoms with Crippen LogP contribution in [0.15, 0.2) is 0 Å². The van der Waals surface area contributed by atoms with E-state index in [1.165, 1.54) is 0 Å². The zero-order valence-electron chi connectivity index (χ0n) is 8.02. The van der Waals surface area contributed by atoms with Gasteiger partial charge in [-0.1, -0.05) is 0 Å². The molecule has 0 aromatic rings. The number of rotatable bonds is 1. The molecular formula is C6H9NO8S. The third kappa shape index (κ3) is 3.92. The Bertz CT molecular complexity index is 408. The van der Waals surface area contributed by atoms with Crippen molar-refractivity contribution in [3.63, 3.8) is 0 Å². The number of carbonyl (C=O) groups is 3. The molecule has 0 radical (unpaired) electrons. The normalized spacial score (nSPS) is 20.4. The van der Waals surface area contributed by atoms with Crippen molar-refractivity contribution in [3.8, 4) is 0 Å². The fourth-order valence-electron chi connectivity index (χ4n) is 0.824. The lowest BCUT2D eigenvalue weighted by atomic mass is 10.4. The highest BCUT2D eigenvalue weighted by molar-refractivity contribution is 7.87. The summed E-state index contributed by atoms with van der Waals surface area (Å²) in [5, 5.41) is 13.8. The van der Waals surface area contributed by atoms with Crippen molar-refractivity contribution in [3.05, 3.63) is 0 Å². The zero-order chi connectivity index (χ0) is 13.1. The number of hydrogen-bond donors (Lipinski definition) is 3. The molecule has 0 saturated carbocycles. The number of hydrogen-bond acceptors (Lipinski definition) is 6. The molecule has 2 amide bonds. The maximum absolute atomic E-state index is 10.7. The molecule has 9 nitrogen and oxygen atoms in total. The van der Waals surface area contributed by atoms with E-state index in [0.717, 1.165) is 6.92 Å². The number of nitrogens with zero attached hydrogens (tertiary/aromatic N) is 1. The SMILES string of the molecule is CC(=O)O.O=C1CC(S(=O)(=O)O)C(=O)N1O. The minimum absolute atomic E-state index is 0.307. The largest absolute Gasteiger partial charge is 0.481 e. The number of carboxylic acid groups (broad SMARTS) is 1. The smallest absolute Gasteiger partial charge is 0.300 e. The Morgan fingerprint density at radius 3 is 1.94 bits per heavy atom. The zero-order valence-corrected chi connectivity index (χ0v) is 8.84. The van der Waals surface area contributed by atoms with Crippen molar-refractivity contribution in [1.29, 1.82) is 0 Å². The highest BCUT2D eigenvalue weighted by Gasteiger charge is 2.45. The predicted octanol–water partition coefficient (Wildman–Crippen LogP) is -1.52.